The third-order valence-electron chi connectivity index (χ3n) is 3.24. The third kappa shape index (κ3) is 3.03. The second-order valence-corrected chi connectivity index (χ2v) is 4.49. The van der Waals surface area contributed by atoms with Gasteiger partial charge in [-0.15, -0.1) is 0 Å². The molecule has 0 bridgehead atoms. The van der Waals surface area contributed by atoms with Crippen LogP contribution < -0.4 is 5.32 Å². The summed E-state index contributed by atoms with van der Waals surface area (Å²) in [6.45, 7) is 1.82. The average Bonchev–Trinajstić information content (AvgIpc) is 2.45. The van der Waals surface area contributed by atoms with Crippen LogP contribution in [0.2, 0.25) is 0 Å². The largest absolute Gasteiger partial charge is 0.393 e. The monoisotopic (exact) mass is 223 g/mol. The number of aliphatic hydroxyl groups excluding tert-OH is 1. The fraction of sp³-hybridized carbons (Fsp3) is 0.538. The first-order chi connectivity index (χ1) is 7.75. The van der Waals surface area contributed by atoms with Gasteiger partial charge in [-0.3, -0.25) is 0 Å². The first-order valence-electron chi connectivity index (χ1n) is 5.89. The number of hydrogen-bond acceptors (Lipinski definition) is 2. The molecule has 0 amide bonds. The van der Waals surface area contributed by atoms with Crippen LogP contribution >= 0.6 is 0 Å². The number of nitrogens with one attached hydrogen (secondary N) is 1. The molecule has 1 saturated heterocycles. The lowest BCUT2D eigenvalue weighted by molar-refractivity contribution is 0.104. The van der Waals surface area contributed by atoms with Crippen LogP contribution in [-0.2, 0) is 6.42 Å². The molecule has 2 N–H and O–H groups in total. The summed E-state index contributed by atoms with van der Waals surface area (Å²) in [4.78, 5) is 0. The van der Waals surface area contributed by atoms with E-state index in [0.29, 0.717) is 0 Å². The van der Waals surface area contributed by atoms with Gasteiger partial charge >= 0.3 is 0 Å². The molecule has 1 heterocycles. The van der Waals surface area contributed by atoms with Gasteiger partial charge in [0, 0.05) is 0 Å². The van der Waals surface area contributed by atoms with Gasteiger partial charge in [-0.2, -0.15) is 0 Å². The van der Waals surface area contributed by atoms with Crippen molar-refractivity contribution in [2.24, 2.45) is 5.92 Å². The summed E-state index contributed by atoms with van der Waals surface area (Å²) in [5, 5.41) is 13.2. The summed E-state index contributed by atoms with van der Waals surface area (Å²) in [6.07, 6.45) is 2.25. The van der Waals surface area contributed by atoms with E-state index in [1.165, 1.54) is 6.07 Å². The van der Waals surface area contributed by atoms with Crippen LogP contribution in [0.3, 0.4) is 0 Å². The number of halogens is 1. The molecule has 0 saturated carbocycles. The lowest BCUT2D eigenvalue weighted by Gasteiger charge is -2.19. The zero-order valence-corrected chi connectivity index (χ0v) is 9.32. The third-order valence-corrected chi connectivity index (χ3v) is 3.24. The molecule has 1 fully saturated rings. The van der Waals surface area contributed by atoms with Crippen molar-refractivity contribution >= 4 is 0 Å². The van der Waals surface area contributed by atoms with Crippen LogP contribution in [0, 0.1) is 11.7 Å². The fourth-order valence-electron chi connectivity index (χ4n) is 2.30. The highest BCUT2D eigenvalue weighted by atomic mass is 19.1. The molecule has 0 spiro atoms. The lowest BCUT2D eigenvalue weighted by Crippen LogP contribution is -2.22. The molecule has 2 unspecified atom stereocenters. The molecule has 1 aromatic rings. The van der Waals surface area contributed by atoms with Gasteiger partial charge in [0.1, 0.15) is 5.82 Å². The quantitative estimate of drug-likeness (QED) is 0.800. The zero-order chi connectivity index (χ0) is 11.4. The Balaban J connectivity index is 2.02. The molecule has 1 aromatic carbocycles. The maximum Gasteiger partial charge on any atom is 0.123 e. The molecule has 1 aliphatic heterocycles. The van der Waals surface area contributed by atoms with E-state index in [1.54, 1.807) is 12.1 Å². The predicted molar refractivity (Wildman–Crippen MR) is 61.7 cm³/mol. The Morgan fingerprint density at radius 1 is 1.31 bits per heavy atom. The highest BCUT2D eigenvalue weighted by Crippen LogP contribution is 2.20. The minimum atomic E-state index is -0.265. The smallest absolute Gasteiger partial charge is 0.123 e. The van der Waals surface area contributed by atoms with Gasteiger partial charge in [-0.1, -0.05) is 12.1 Å². The number of benzene rings is 1. The van der Waals surface area contributed by atoms with Gasteiger partial charge in [0.15, 0.2) is 0 Å². The van der Waals surface area contributed by atoms with Crippen LogP contribution in [0.1, 0.15) is 18.4 Å². The van der Waals surface area contributed by atoms with E-state index in [0.717, 1.165) is 37.9 Å². The van der Waals surface area contributed by atoms with Crippen molar-refractivity contribution in [3.63, 3.8) is 0 Å². The Morgan fingerprint density at radius 3 is 2.94 bits per heavy atom. The van der Waals surface area contributed by atoms with E-state index < -0.39 is 0 Å². The summed E-state index contributed by atoms with van der Waals surface area (Å²) in [6, 6.07) is 6.67. The summed E-state index contributed by atoms with van der Waals surface area (Å²) in [7, 11) is 0. The van der Waals surface area contributed by atoms with Crippen LogP contribution in [0.25, 0.3) is 0 Å². The first-order valence-corrected chi connectivity index (χ1v) is 5.89. The van der Waals surface area contributed by atoms with E-state index >= 15 is 0 Å². The highest BCUT2D eigenvalue weighted by molar-refractivity contribution is 5.17. The maximum atomic E-state index is 13.0. The summed E-state index contributed by atoms with van der Waals surface area (Å²) < 4.78 is 13.0. The SMILES string of the molecule is OC1CCNCCC1Cc1cccc(F)c1. The predicted octanol–water partition coefficient (Wildman–Crippen LogP) is 1.73. The van der Waals surface area contributed by atoms with Crippen LogP contribution in [0.4, 0.5) is 4.39 Å². The highest BCUT2D eigenvalue weighted by Gasteiger charge is 2.21. The number of aliphatic hydroxyl groups is 1. The van der Waals surface area contributed by atoms with Gasteiger partial charge in [0.2, 0.25) is 0 Å². The van der Waals surface area contributed by atoms with Gasteiger partial charge in [-0.05, 0) is 56.0 Å². The van der Waals surface area contributed by atoms with Crippen LogP contribution in [-0.4, -0.2) is 24.3 Å². The standard InChI is InChI=1S/C13H18FNO/c14-12-3-1-2-10(9-12)8-11-4-6-15-7-5-13(11)16/h1-3,9,11,13,15-16H,4-8H2. The van der Waals surface area contributed by atoms with Gasteiger partial charge in [-0.25, -0.2) is 4.39 Å². The molecule has 2 nitrogen and oxygen atoms in total. The molecular weight excluding hydrogens is 205 g/mol. The second kappa shape index (κ2) is 5.41. The molecule has 2 rings (SSSR count). The van der Waals surface area contributed by atoms with E-state index in [-0.39, 0.29) is 17.8 Å². The lowest BCUT2D eigenvalue weighted by atomic mass is 9.90. The number of hydrogen-bond donors (Lipinski definition) is 2. The summed E-state index contributed by atoms with van der Waals surface area (Å²) in [5.41, 5.74) is 0.978. The Labute approximate surface area is 95.5 Å². The zero-order valence-electron chi connectivity index (χ0n) is 9.32. The molecule has 0 aromatic heterocycles. The summed E-state index contributed by atoms with van der Waals surface area (Å²) in [5.74, 6) is 0.0514. The molecule has 88 valence electrons. The minimum Gasteiger partial charge on any atom is -0.393 e. The normalized spacial score (nSPS) is 26.4. The van der Waals surface area contributed by atoms with Crippen LogP contribution in [0.5, 0.6) is 0 Å². The molecule has 3 heteroatoms. The average molecular weight is 223 g/mol. The Bertz CT molecular complexity index is 342. The van der Waals surface area contributed by atoms with Crippen molar-refractivity contribution in [2.45, 2.75) is 25.4 Å². The fourth-order valence-corrected chi connectivity index (χ4v) is 2.30. The minimum absolute atomic E-state index is 0.196. The van der Waals surface area contributed by atoms with Crippen molar-refractivity contribution in [1.82, 2.24) is 5.32 Å². The first kappa shape index (κ1) is 11.6. The molecule has 2 atom stereocenters. The maximum absolute atomic E-state index is 13.0. The molecule has 0 radical (unpaired) electrons. The molecule has 16 heavy (non-hydrogen) atoms. The van der Waals surface area contributed by atoms with Crippen molar-refractivity contribution in [3.05, 3.63) is 35.6 Å². The van der Waals surface area contributed by atoms with Gasteiger partial charge in [0.25, 0.3) is 0 Å². The van der Waals surface area contributed by atoms with Crippen molar-refractivity contribution in [3.8, 4) is 0 Å². The Morgan fingerprint density at radius 2 is 2.12 bits per heavy atom. The molecule has 0 aliphatic carbocycles. The van der Waals surface area contributed by atoms with Crippen molar-refractivity contribution < 1.29 is 9.50 Å². The molecular formula is C13H18FNO. The van der Waals surface area contributed by atoms with E-state index in [2.05, 4.69) is 5.32 Å². The van der Waals surface area contributed by atoms with E-state index in [1.807, 2.05) is 6.07 Å². The Hall–Kier alpha value is -0.930. The van der Waals surface area contributed by atoms with E-state index in [9.17, 15) is 9.50 Å². The summed E-state index contributed by atoms with van der Waals surface area (Å²) >= 11 is 0. The number of rotatable bonds is 2. The van der Waals surface area contributed by atoms with E-state index in [4.69, 9.17) is 0 Å². The Kier molecular flexibility index (Phi) is 3.91. The van der Waals surface area contributed by atoms with Crippen molar-refractivity contribution in [1.29, 1.82) is 0 Å². The van der Waals surface area contributed by atoms with Gasteiger partial charge < -0.3 is 10.4 Å². The van der Waals surface area contributed by atoms with Crippen molar-refractivity contribution in [2.75, 3.05) is 13.1 Å². The van der Waals surface area contributed by atoms with Crippen LogP contribution in [0.15, 0.2) is 24.3 Å². The van der Waals surface area contributed by atoms with Gasteiger partial charge in [0.05, 0.1) is 6.10 Å². The second-order valence-electron chi connectivity index (χ2n) is 4.49. The topological polar surface area (TPSA) is 32.3 Å². The molecule has 1 aliphatic rings.